The van der Waals surface area contributed by atoms with E-state index in [2.05, 4.69) is 29.2 Å². The fraction of sp³-hybridized carbons (Fsp3) is 0.615. The van der Waals surface area contributed by atoms with Crippen LogP contribution in [0.2, 0.25) is 0 Å². The van der Waals surface area contributed by atoms with E-state index in [9.17, 15) is 0 Å². The van der Waals surface area contributed by atoms with Gasteiger partial charge in [-0.1, -0.05) is 6.92 Å². The summed E-state index contributed by atoms with van der Waals surface area (Å²) in [5.41, 5.74) is 8.06. The summed E-state index contributed by atoms with van der Waals surface area (Å²) in [5, 5.41) is 3.56. The molecule has 0 saturated carbocycles. The van der Waals surface area contributed by atoms with E-state index < -0.39 is 0 Å². The molecule has 1 saturated heterocycles. The normalized spacial score (nSPS) is 22.9. The van der Waals surface area contributed by atoms with Gasteiger partial charge in [0, 0.05) is 47.7 Å². The van der Waals surface area contributed by atoms with Crippen molar-refractivity contribution < 1.29 is 0 Å². The van der Waals surface area contributed by atoms with Crippen molar-refractivity contribution in [2.24, 2.45) is 0 Å². The number of hydrogen-bond acceptors (Lipinski definition) is 5. The van der Waals surface area contributed by atoms with E-state index in [-0.39, 0.29) is 6.04 Å². The monoisotopic (exact) mass is 266 g/mol. The third-order valence-corrected chi connectivity index (χ3v) is 4.52. The molecule has 0 bridgehead atoms. The molecule has 18 heavy (non-hydrogen) atoms. The molecule has 4 nitrogen and oxygen atoms in total. The van der Waals surface area contributed by atoms with Crippen LogP contribution >= 0.6 is 11.8 Å². The number of rotatable bonds is 4. The van der Waals surface area contributed by atoms with Crippen molar-refractivity contribution in [3.8, 4) is 0 Å². The van der Waals surface area contributed by atoms with E-state index >= 15 is 0 Å². The maximum absolute atomic E-state index is 6.10. The summed E-state index contributed by atoms with van der Waals surface area (Å²) in [4.78, 5) is 6.65. The largest absolute Gasteiger partial charge is 0.398 e. The molecule has 0 radical (unpaired) electrons. The van der Waals surface area contributed by atoms with Gasteiger partial charge >= 0.3 is 0 Å². The summed E-state index contributed by atoms with van der Waals surface area (Å²) in [6.45, 7) is 4.21. The number of likely N-dealkylation sites (N-methyl/N-ethyl adjacent to an activating group) is 2. The molecule has 1 aliphatic rings. The Morgan fingerprint density at radius 2 is 2.50 bits per heavy atom. The van der Waals surface area contributed by atoms with Crippen LogP contribution in [0.4, 0.5) is 5.69 Å². The van der Waals surface area contributed by atoms with Crippen molar-refractivity contribution in [2.75, 3.05) is 37.4 Å². The van der Waals surface area contributed by atoms with E-state index in [1.54, 1.807) is 6.20 Å². The summed E-state index contributed by atoms with van der Waals surface area (Å²) in [7, 11) is 2.20. The lowest BCUT2D eigenvalue weighted by molar-refractivity contribution is 0.217. The van der Waals surface area contributed by atoms with Gasteiger partial charge < -0.3 is 11.1 Å². The van der Waals surface area contributed by atoms with Crippen molar-refractivity contribution >= 4 is 17.4 Å². The average Bonchev–Trinajstić information content (AvgIpc) is 2.38. The van der Waals surface area contributed by atoms with Gasteiger partial charge in [-0.05, 0) is 19.7 Å². The fourth-order valence-corrected chi connectivity index (χ4v) is 3.68. The second-order valence-electron chi connectivity index (χ2n) is 4.66. The molecule has 100 valence electrons. The van der Waals surface area contributed by atoms with E-state index in [1.165, 1.54) is 5.75 Å². The summed E-state index contributed by atoms with van der Waals surface area (Å²) >= 11 is 2.02. The maximum Gasteiger partial charge on any atom is 0.0521 e. The highest BCUT2D eigenvalue weighted by atomic mass is 32.2. The average molecular weight is 266 g/mol. The third kappa shape index (κ3) is 2.96. The van der Waals surface area contributed by atoms with E-state index in [0.717, 1.165) is 30.1 Å². The lowest BCUT2D eigenvalue weighted by atomic mass is 9.99. The highest BCUT2D eigenvalue weighted by molar-refractivity contribution is 7.99. The van der Waals surface area contributed by atoms with Crippen molar-refractivity contribution in [3.63, 3.8) is 0 Å². The minimum Gasteiger partial charge on any atom is -0.398 e. The Bertz CT molecular complexity index is 385. The minimum absolute atomic E-state index is 0.265. The zero-order chi connectivity index (χ0) is 13.0. The summed E-state index contributed by atoms with van der Waals surface area (Å²) < 4.78 is 0. The molecule has 0 spiro atoms. The molecule has 5 heteroatoms. The Kier molecular flexibility index (Phi) is 4.86. The Balaban J connectivity index is 2.24. The van der Waals surface area contributed by atoms with Crippen LogP contribution in [0, 0.1) is 0 Å². The minimum atomic E-state index is 0.265. The molecule has 1 fully saturated rings. The second-order valence-corrected chi connectivity index (χ2v) is 5.81. The van der Waals surface area contributed by atoms with Gasteiger partial charge in [0.1, 0.15) is 0 Å². The number of hydrogen-bond donors (Lipinski definition) is 2. The van der Waals surface area contributed by atoms with Crippen molar-refractivity contribution in [2.45, 2.75) is 19.0 Å². The van der Waals surface area contributed by atoms with Crippen LogP contribution in [0.25, 0.3) is 0 Å². The third-order valence-electron chi connectivity index (χ3n) is 3.47. The number of nitrogen functional groups attached to an aromatic ring is 1. The van der Waals surface area contributed by atoms with Gasteiger partial charge in [-0.2, -0.15) is 11.8 Å². The molecule has 1 aromatic rings. The van der Waals surface area contributed by atoms with E-state index in [1.807, 2.05) is 24.0 Å². The number of nitrogens with zero attached hydrogens (tertiary/aromatic N) is 2. The number of pyridine rings is 1. The van der Waals surface area contributed by atoms with Gasteiger partial charge in [0.05, 0.1) is 6.04 Å². The smallest absolute Gasteiger partial charge is 0.0521 e. The first-order chi connectivity index (χ1) is 8.74. The molecule has 0 aromatic carbocycles. The molecule has 2 atom stereocenters. The van der Waals surface area contributed by atoms with E-state index in [0.29, 0.717) is 6.04 Å². The predicted molar refractivity (Wildman–Crippen MR) is 78.8 cm³/mol. The summed E-state index contributed by atoms with van der Waals surface area (Å²) in [6.07, 6.45) is 3.65. The molecule has 1 aliphatic heterocycles. The molecule has 0 aliphatic carbocycles. The first kappa shape index (κ1) is 13.6. The first-order valence-corrected chi connectivity index (χ1v) is 7.60. The van der Waals surface area contributed by atoms with Crippen LogP contribution in [0.15, 0.2) is 18.5 Å². The summed E-state index contributed by atoms with van der Waals surface area (Å²) in [5.74, 6) is 2.36. The summed E-state index contributed by atoms with van der Waals surface area (Å²) in [6, 6.07) is 2.63. The van der Waals surface area contributed by atoms with Gasteiger partial charge in [-0.3, -0.25) is 9.88 Å². The van der Waals surface area contributed by atoms with Crippen molar-refractivity contribution in [1.82, 2.24) is 15.2 Å². The fourth-order valence-electron chi connectivity index (χ4n) is 2.41. The molecular weight excluding hydrogens is 244 g/mol. The van der Waals surface area contributed by atoms with Crippen LogP contribution in [-0.2, 0) is 0 Å². The van der Waals surface area contributed by atoms with Gasteiger partial charge in [0.2, 0.25) is 0 Å². The van der Waals surface area contributed by atoms with Gasteiger partial charge in [0.25, 0.3) is 0 Å². The van der Waals surface area contributed by atoms with Gasteiger partial charge in [-0.25, -0.2) is 0 Å². The maximum atomic E-state index is 6.10. The number of anilines is 1. The van der Waals surface area contributed by atoms with Gasteiger partial charge in [-0.15, -0.1) is 0 Å². The Morgan fingerprint density at radius 3 is 3.17 bits per heavy atom. The zero-order valence-electron chi connectivity index (χ0n) is 11.1. The molecule has 0 amide bonds. The molecule has 2 unspecified atom stereocenters. The standard InChI is InChI=1S/C13H22N4S/c1-3-16-13(10-8-15-5-4-11(10)14)12-9-18-7-6-17(12)2/h4-5,8,12-13,16H,3,6-7,9H2,1-2H3,(H2,14,15). The first-order valence-electron chi connectivity index (χ1n) is 6.44. The number of aromatic nitrogens is 1. The van der Waals surface area contributed by atoms with Crippen LogP contribution in [-0.4, -0.2) is 47.6 Å². The Morgan fingerprint density at radius 1 is 1.67 bits per heavy atom. The van der Waals surface area contributed by atoms with E-state index in [4.69, 9.17) is 5.73 Å². The highest BCUT2D eigenvalue weighted by Crippen LogP contribution is 2.29. The molecular formula is C13H22N4S. The van der Waals surface area contributed by atoms with Crippen LogP contribution in [0.5, 0.6) is 0 Å². The molecule has 3 N–H and O–H groups in total. The van der Waals surface area contributed by atoms with Crippen LogP contribution < -0.4 is 11.1 Å². The van der Waals surface area contributed by atoms with Crippen LogP contribution in [0.3, 0.4) is 0 Å². The van der Waals surface area contributed by atoms with Crippen molar-refractivity contribution in [3.05, 3.63) is 24.0 Å². The quantitative estimate of drug-likeness (QED) is 0.862. The predicted octanol–water partition coefficient (Wildman–Crippen LogP) is 1.36. The van der Waals surface area contributed by atoms with Crippen LogP contribution in [0.1, 0.15) is 18.5 Å². The Hall–Kier alpha value is -0.780. The lowest BCUT2D eigenvalue weighted by Gasteiger charge is -2.38. The second kappa shape index (κ2) is 6.41. The zero-order valence-corrected chi connectivity index (χ0v) is 11.9. The lowest BCUT2D eigenvalue weighted by Crippen LogP contribution is -2.48. The van der Waals surface area contributed by atoms with Gasteiger partial charge in [0.15, 0.2) is 0 Å². The Labute approximate surface area is 113 Å². The number of nitrogens with two attached hydrogens (primary N) is 1. The number of nitrogens with one attached hydrogen (secondary N) is 1. The number of thioether (sulfide) groups is 1. The molecule has 2 heterocycles. The molecule has 2 rings (SSSR count). The topological polar surface area (TPSA) is 54.2 Å². The highest BCUT2D eigenvalue weighted by Gasteiger charge is 2.29. The SMILES string of the molecule is CCNC(c1cnccc1N)C1CSCCN1C. The van der Waals surface area contributed by atoms with Crippen molar-refractivity contribution in [1.29, 1.82) is 0 Å². The molecule has 1 aromatic heterocycles.